The summed E-state index contributed by atoms with van der Waals surface area (Å²) < 4.78 is 45.5. The first-order chi connectivity index (χ1) is 16.5. The minimum atomic E-state index is -3.74. The van der Waals surface area contributed by atoms with Gasteiger partial charge in [-0.15, -0.1) is 0 Å². The van der Waals surface area contributed by atoms with Crippen molar-refractivity contribution < 1.29 is 27.1 Å². The molecule has 1 aliphatic carbocycles. The smallest absolute Gasteiger partial charge is 0.255 e. The Balaban J connectivity index is 1.71. The fourth-order valence-corrected chi connectivity index (χ4v) is 5.92. The molecule has 2 aromatic heterocycles. The average Bonchev–Trinajstić information content (AvgIpc) is 3.56. The van der Waals surface area contributed by atoms with Gasteiger partial charge in [-0.1, -0.05) is 29.8 Å². The molecule has 0 bridgehead atoms. The fourth-order valence-electron chi connectivity index (χ4n) is 4.03. The lowest BCUT2D eigenvalue weighted by Gasteiger charge is -2.11. The first kappa shape index (κ1) is 25.6. The number of hydrogen-bond acceptors (Lipinski definition) is 6. The number of aromatic nitrogens is 1. The zero-order chi connectivity index (χ0) is 25.4. The summed E-state index contributed by atoms with van der Waals surface area (Å²) in [5.41, 5.74) is 3.58. The van der Waals surface area contributed by atoms with Gasteiger partial charge < -0.3 is 14.6 Å². The van der Waals surface area contributed by atoms with Gasteiger partial charge in [0.1, 0.15) is 11.5 Å². The minimum absolute atomic E-state index is 0.0451. The summed E-state index contributed by atoms with van der Waals surface area (Å²) >= 11 is 0. The molecule has 1 aromatic carbocycles. The molecular formula is C24H30N3O6PS. The predicted octanol–water partition coefficient (Wildman–Crippen LogP) is 3.75. The summed E-state index contributed by atoms with van der Waals surface area (Å²) in [5, 5.41) is 3.22. The summed E-state index contributed by atoms with van der Waals surface area (Å²) in [6, 6.07) is 9.44. The molecule has 9 nitrogen and oxygen atoms in total. The van der Waals surface area contributed by atoms with E-state index in [-0.39, 0.29) is 42.4 Å². The SMILES string of the molecule is CNC(=O)c1c(-c2ccc(C)cc2)oc2nc(CS(=O)(=O)NCCCP(C)(=O)O)c(C3CC3)cc12. The lowest BCUT2D eigenvalue weighted by Crippen LogP contribution is -2.27. The van der Waals surface area contributed by atoms with E-state index in [1.54, 1.807) is 7.05 Å². The van der Waals surface area contributed by atoms with Crippen molar-refractivity contribution in [3.63, 3.8) is 0 Å². The van der Waals surface area contributed by atoms with E-state index >= 15 is 0 Å². The zero-order valence-electron chi connectivity index (χ0n) is 20.0. The van der Waals surface area contributed by atoms with E-state index in [4.69, 9.17) is 4.42 Å². The van der Waals surface area contributed by atoms with Gasteiger partial charge >= 0.3 is 0 Å². The van der Waals surface area contributed by atoms with Crippen molar-refractivity contribution in [3.05, 3.63) is 52.7 Å². The monoisotopic (exact) mass is 519 g/mol. The van der Waals surface area contributed by atoms with Gasteiger partial charge in [-0.25, -0.2) is 18.1 Å². The van der Waals surface area contributed by atoms with E-state index in [1.165, 1.54) is 6.66 Å². The van der Waals surface area contributed by atoms with E-state index in [1.807, 2.05) is 37.3 Å². The Labute approximate surface area is 204 Å². The van der Waals surface area contributed by atoms with Crippen LogP contribution in [0.3, 0.4) is 0 Å². The summed E-state index contributed by atoms with van der Waals surface area (Å²) in [6.45, 7) is 3.29. The molecule has 2 heterocycles. The standard InChI is InChI=1S/C24H30N3O6PS/c1-15-5-7-17(8-6-15)22-21(23(28)25-2)19-13-18(16-9-10-16)20(27-24(19)33-22)14-35(31,32)26-11-4-12-34(3,29)30/h5-8,13,16,26H,4,9-12,14H2,1-3H3,(H,25,28)(H,29,30). The van der Waals surface area contributed by atoms with Gasteiger partial charge in [0, 0.05) is 32.0 Å². The quantitative estimate of drug-likeness (QED) is 0.274. The van der Waals surface area contributed by atoms with Gasteiger partial charge in [-0.3, -0.25) is 9.36 Å². The third-order valence-electron chi connectivity index (χ3n) is 5.98. The van der Waals surface area contributed by atoms with Gasteiger partial charge in [0.05, 0.1) is 16.6 Å². The Morgan fingerprint density at radius 1 is 1.26 bits per heavy atom. The number of aryl methyl sites for hydroxylation is 1. The van der Waals surface area contributed by atoms with Gasteiger partial charge in [0.15, 0.2) is 7.37 Å². The van der Waals surface area contributed by atoms with Crippen LogP contribution in [0.5, 0.6) is 0 Å². The molecule has 1 aliphatic rings. The molecular weight excluding hydrogens is 489 g/mol. The zero-order valence-corrected chi connectivity index (χ0v) is 21.7. The normalized spacial score (nSPS) is 15.8. The summed E-state index contributed by atoms with van der Waals surface area (Å²) in [7, 11) is -5.37. The first-order valence-corrected chi connectivity index (χ1v) is 15.4. The maximum atomic E-state index is 12.8. The average molecular weight is 520 g/mol. The van der Waals surface area contributed by atoms with Gasteiger partial charge in [-0.05, 0) is 43.7 Å². The molecule has 1 saturated carbocycles. The minimum Gasteiger partial charge on any atom is -0.437 e. The molecule has 3 aromatic rings. The highest BCUT2D eigenvalue weighted by atomic mass is 32.2. The Morgan fingerprint density at radius 3 is 2.54 bits per heavy atom. The molecule has 1 amide bonds. The van der Waals surface area contributed by atoms with Gasteiger partial charge in [0.25, 0.3) is 5.91 Å². The number of carbonyl (C=O) groups excluding carboxylic acids is 1. The molecule has 11 heteroatoms. The number of sulfonamides is 1. The van der Waals surface area contributed by atoms with Crippen molar-refractivity contribution in [2.24, 2.45) is 0 Å². The van der Waals surface area contributed by atoms with Crippen LogP contribution in [0.2, 0.25) is 0 Å². The third kappa shape index (κ3) is 6.19. The predicted molar refractivity (Wildman–Crippen MR) is 135 cm³/mol. The number of fused-ring (bicyclic) bond motifs is 1. The summed E-state index contributed by atoms with van der Waals surface area (Å²) in [4.78, 5) is 26.8. The number of nitrogens with zero attached hydrogens (tertiary/aromatic N) is 1. The maximum absolute atomic E-state index is 12.8. The molecule has 3 N–H and O–H groups in total. The molecule has 4 rings (SSSR count). The number of carbonyl (C=O) groups is 1. The second kappa shape index (κ2) is 9.85. The second-order valence-corrected chi connectivity index (χ2v) is 13.5. The van der Waals surface area contributed by atoms with Crippen LogP contribution in [-0.4, -0.2) is 50.6 Å². The lowest BCUT2D eigenvalue weighted by molar-refractivity contribution is 0.0964. The Bertz CT molecular complexity index is 1410. The Morgan fingerprint density at radius 2 is 1.94 bits per heavy atom. The first-order valence-electron chi connectivity index (χ1n) is 11.5. The topological polar surface area (TPSA) is 139 Å². The molecule has 1 fully saturated rings. The third-order valence-corrected chi connectivity index (χ3v) is 8.42. The van der Waals surface area contributed by atoms with Crippen molar-refractivity contribution >= 4 is 34.4 Å². The Kier molecular flexibility index (Phi) is 7.20. The number of rotatable bonds is 10. The van der Waals surface area contributed by atoms with E-state index in [0.29, 0.717) is 22.4 Å². The molecule has 1 atom stereocenters. The Hall–Kier alpha value is -2.52. The van der Waals surface area contributed by atoms with E-state index in [0.717, 1.165) is 29.5 Å². The summed E-state index contributed by atoms with van der Waals surface area (Å²) in [6.07, 6.45) is 2.16. The molecule has 188 valence electrons. The van der Waals surface area contributed by atoms with Crippen LogP contribution in [0.1, 0.15) is 52.4 Å². The number of pyridine rings is 1. The van der Waals surface area contributed by atoms with Crippen LogP contribution >= 0.6 is 7.37 Å². The van der Waals surface area contributed by atoms with Crippen LogP contribution in [0.4, 0.5) is 0 Å². The molecule has 35 heavy (non-hydrogen) atoms. The van der Waals surface area contributed by atoms with Crippen molar-refractivity contribution in [2.75, 3.05) is 26.4 Å². The lowest BCUT2D eigenvalue weighted by atomic mass is 10.0. The van der Waals surface area contributed by atoms with E-state index in [2.05, 4.69) is 15.0 Å². The molecule has 0 spiro atoms. The largest absolute Gasteiger partial charge is 0.437 e. The van der Waals surface area contributed by atoms with Crippen LogP contribution in [-0.2, 0) is 20.3 Å². The highest BCUT2D eigenvalue weighted by Gasteiger charge is 2.31. The van der Waals surface area contributed by atoms with Crippen LogP contribution in [0.25, 0.3) is 22.4 Å². The van der Waals surface area contributed by atoms with E-state index < -0.39 is 17.4 Å². The van der Waals surface area contributed by atoms with Crippen molar-refractivity contribution in [3.8, 4) is 11.3 Å². The van der Waals surface area contributed by atoms with Crippen molar-refractivity contribution in [2.45, 2.75) is 37.9 Å². The van der Waals surface area contributed by atoms with E-state index in [9.17, 15) is 22.7 Å². The number of nitrogens with one attached hydrogen (secondary N) is 2. The van der Waals surface area contributed by atoms with Crippen molar-refractivity contribution in [1.82, 2.24) is 15.0 Å². The maximum Gasteiger partial charge on any atom is 0.255 e. The van der Waals surface area contributed by atoms with Crippen LogP contribution in [0.15, 0.2) is 34.7 Å². The fraction of sp³-hybridized carbons (Fsp3) is 0.417. The van der Waals surface area contributed by atoms with Crippen molar-refractivity contribution in [1.29, 1.82) is 0 Å². The number of amides is 1. The highest BCUT2D eigenvalue weighted by molar-refractivity contribution is 7.88. The van der Waals surface area contributed by atoms with Crippen LogP contribution in [0, 0.1) is 6.92 Å². The molecule has 0 aliphatic heterocycles. The number of benzene rings is 1. The second-order valence-electron chi connectivity index (χ2n) is 9.18. The molecule has 0 radical (unpaired) electrons. The van der Waals surface area contributed by atoms with Gasteiger partial charge in [0.2, 0.25) is 15.7 Å². The number of furan rings is 1. The van der Waals surface area contributed by atoms with Crippen LogP contribution < -0.4 is 10.0 Å². The van der Waals surface area contributed by atoms with Gasteiger partial charge in [-0.2, -0.15) is 0 Å². The summed E-state index contributed by atoms with van der Waals surface area (Å²) in [5.74, 6) is -0.0671. The number of hydrogen-bond donors (Lipinski definition) is 3. The highest BCUT2D eigenvalue weighted by Crippen LogP contribution is 2.44. The molecule has 0 saturated heterocycles. The molecule has 1 unspecified atom stereocenters.